The highest BCUT2D eigenvalue weighted by Gasteiger charge is 2.37. The van der Waals surface area contributed by atoms with Crippen LogP contribution in [0.2, 0.25) is 5.02 Å². The number of carbonyl (C=O) groups is 2. The lowest BCUT2D eigenvalue weighted by Gasteiger charge is -2.45. The first kappa shape index (κ1) is 23.1. The van der Waals surface area contributed by atoms with Crippen LogP contribution in [0.4, 0.5) is 5.82 Å². The van der Waals surface area contributed by atoms with Gasteiger partial charge in [-0.25, -0.2) is 9.97 Å². The first-order valence-corrected chi connectivity index (χ1v) is 11.6. The first-order chi connectivity index (χ1) is 16.0. The normalized spacial score (nSPS) is 19.0. The van der Waals surface area contributed by atoms with Gasteiger partial charge in [0.1, 0.15) is 18.4 Å². The van der Waals surface area contributed by atoms with Crippen molar-refractivity contribution in [2.75, 3.05) is 18.8 Å². The fourth-order valence-electron chi connectivity index (χ4n) is 4.61. The Labute approximate surface area is 198 Å². The molecule has 8 heteroatoms. The van der Waals surface area contributed by atoms with E-state index in [0.29, 0.717) is 49.7 Å². The molecule has 7 nitrogen and oxygen atoms in total. The first-order valence-electron chi connectivity index (χ1n) is 11.2. The number of nitrogens with zero attached hydrogens (tertiary/aromatic N) is 4. The third-order valence-corrected chi connectivity index (χ3v) is 6.63. The molecule has 2 aromatic carbocycles. The monoisotopic (exact) mass is 465 g/mol. The van der Waals surface area contributed by atoms with Crippen LogP contribution in [-0.2, 0) is 22.6 Å². The predicted molar refractivity (Wildman–Crippen MR) is 130 cm³/mol. The zero-order chi connectivity index (χ0) is 23.4. The molecule has 2 heterocycles. The predicted octanol–water partition coefficient (Wildman–Crippen LogP) is 3.49. The number of nitrogens with two attached hydrogens (primary N) is 1. The van der Waals surface area contributed by atoms with Crippen LogP contribution in [0.25, 0.3) is 10.9 Å². The Morgan fingerprint density at radius 2 is 1.91 bits per heavy atom. The van der Waals surface area contributed by atoms with Crippen molar-refractivity contribution < 1.29 is 9.59 Å². The maximum absolute atomic E-state index is 13.1. The van der Waals surface area contributed by atoms with Crippen molar-refractivity contribution in [2.24, 2.45) is 0 Å². The molecule has 0 aliphatic carbocycles. The van der Waals surface area contributed by atoms with Crippen molar-refractivity contribution in [3.8, 4) is 0 Å². The number of halogens is 1. The molecule has 1 fully saturated rings. The Morgan fingerprint density at radius 3 is 2.64 bits per heavy atom. The van der Waals surface area contributed by atoms with Crippen molar-refractivity contribution in [1.82, 2.24) is 19.8 Å². The quantitative estimate of drug-likeness (QED) is 0.537. The minimum absolute atomic E-state index is 0.0844. The zero-order valence-electron chi connectivity index (χ0n) is 18.7. The smallest absolute Gasteiger partial charge is 0.223 e. The Balaban J connectivity index is 1.44. The number of carbonyl (C=O) groups excluding carboxylic acids is 2. The van der Waals surface area contributed by atoms with Crippen LogP contribution >= 0.6 is 11.6 Å². The molecule has 0 spiro atoms. The highest BCUT2D eigenvalue weighted by molar-refractivity contribution is 6.30. The van der Waals surface area contributed by atoms with E-state index in [9.17, 15) is 9.59 Å². The summed E-state index contributed by atoms with van der Waals surface area (Å²) in [6, 6.07) is 13.0. The number of hydrogen-bond donors (Lipinski definition) is 1. The molecule has 0 bridgehead atoms. The molecule has 33 heavy (non-hydrogen) atoms. The SMILES string of the molecule is CC[C@H]1C(C=O)N(Cc2ccc3c(N)ncnc3c2)CCN1C(=O)CCc1ccc(Cl)cc1. The van der Waals surface area contributed by atoms with Gasteiger partial charge in [0.15, 0.2) is 0 Å². The molecule has 1 saturated heterocycles. The Hall–Kier alpha value is -3.03. The van der Waals surface area contributed by atoms with E-state index in [1.807, 2.05) is 54.3 Å². The van der Waals surface area contributed by atoms with Gasteiger partial charge in [-0.15, -0.1) is 0 Å². The lowest BCUT2D eigenvalue weighted by Crippen LogP contribution is -2.61. The molecule has 172 valence electrons. The molecule has 2 atom stereocenters. The standard InChI is InChI=1S/C25H28ClN5O2/c1-2-22-23(15-32)30(14-18-5-9-20-21(13-18)28-16-29-25(20)27)11-12-31(22)24(33)10-6-17-3-7-19(26)8-4-17/h3-5,7-9,13,15-16,22-23H,2,6,10-12,14H2,1H3,(H2,27,28,29)/t22-,23?/m0/s1. The number of fused-ring (bicyclic) bond motifs is 1. The molecule has 1 aliphatic rings. The lowest BCUT2D eigenvalue weighted by atomic mass is 9.97. The number of rotatable bonds is 7. The summed E-state index contributed by atoms with van der Waals surface area (Å²) < 4.78 is 0. The van der Waals surface area contributed by atoms with Crippen molar-refractivity contribution >= 4 is 40.5 Å². The Kier molecular flexibility index (Phi) is 7.20. The van der Waals surface area contributed by atoms with Crippen molar-refractivity contribution in [1.29, 1.82) is 0 Å². The second kappa shape index (κ2) is 10.3. The summed E-state index contributed by atoms with van der Waals surface area (Å²) in [5, 5.41) is 1.50. The minimum atomic E-state index is -0.352. The largest absolute Gasteiger partial charge is 0.383 e. The van der Waals surface area contributed by atoms with Crippen LogP contribution in [0.5, 0.6) is 0 Å². The number of nitrogen functional groups attached to an aromatic ring is 1. The molecule has 0 saturated carbocycles. The number of aromatic nitrogens is 2. The molecular formula is C25H28ClN5O2. The van der Waals surface area contributed by atoms with E-state index in [-0.39, 0.29) is 18.0 Å². The average Bonchev–Trinajstić information content (AvgIpc) is 2.83. The number of anilines is 1. The molecule has 3 aromatic rings. The molecule has 1 aliphatic heterocycles. The van der Waals surface area contributed by atoms with E-state index < -0.39 is 0 Å². The summed E-state index contributed by atoms with van der Waals surface area (Å²) in [6.07, 6.45) is 4.22. The van der Waals surface area contributed by atoms with Gasteiger partial charge in [-0.2, -0.15) is 0 Å². The van der Waals surface area contributed by atoms with Gasteiger partial charge in [0.25, 0.3) is 0 Å². The number of aryl methyl sites for hydroxylation is 1. The summed E-state index contributed by atoms with van der Waals surface area (Å²) in [5.41, 5.74) is 8.84. The number of aldehydes is 1. The van der Waals surface area contributed by atoms with Crippen LogP contribution in [-0.4, -0.2) is 57.1 Å². The van der Waals surface area contributed by atoms with Gasteiger partial charge in [0, 0.05) is 36.5 Å². The molecular weight excluding hydrogens is 438 g/mol. The third-order valence-electron chi connectivity index (χ3n) is 6.38. The fraction of sp³-hybridized carbons (Fsp3) is 0.360. The van der Waals surface area contributed by atoms with Crippen molar-refractivity contribution in [3.63, 3.8) is 0 Å². The Morgan fingerprint density at radius 1 is 1.15 bits per heavy atom. The van der Waals surface area contributed by atoms with E-state index in [4.69, 9.17) is 17.3 Å². The van der Waals surface area contributed by atoms with Crippen LogP contribution in [0, 0.1) is 0 Å². The van der Waals surface area contributed by atoms with Gasteiger partial charge in [0.05, 0.1) is 17.6 Å². The second-order valence-electron chi connectivity index (χ2n) is 8.40. The maximum Gasteiger partial charge on any atom is 0.223 e. The van der Waals surface area contributed by atoms with Crippen LogP contribution < -0.4 is 5.73 Å². The zero-order valence-corrected chi connectivity index (χ0v) is 19.4. The van der Waals surface area contributed by atoms with Crippen molar-refractivity contribution in [2.45, 2.75) is 44.8 Å². The van der Waals surface area contributed by atoms with E-state index in [1.54, 1.807) is 0 Å². The molecule has 1 aromatic heterocycles. The number of amides is 1. The van der Waals surface area contributed by atoms with Crippen LogP contribution in [0.3, 0.4) is 0 Å². The maximum atomic E-state index is 13.1. The summed E-state index contributed by atoms with van der Waals surface area (Å²) in [6.45, 7) is 3.87. The van der Waals surface area contributed by atoms with Crippen LogP contribution in [0.15, 0.2) is 48.8 Å². The van der Waals surface area contributed by atoms with Gasteiger partial charge < -0.3 is 15.4 Å². The number of benzene rings is 2. The van der Waals surface area contributed by atoms with E-state index in [1.165, 1.54) is 6.33 Å². The fourth-order valence-corrected chi connectivity index (χ4v) is 4.74. The van der Waals surface area contributed by atoms with Gasteiger partial charge in [-0.3, -0.25) is 9.69 Å². The molecule has 2 N–H and O–H groups in total. The third kappa shape index (κ3) is 5.15. The van der Waals surface area contributed by atoms with E-state index in [0.717, 1.165) is 28.3 Å². The number of piperazine rings is 1. The highest BCUT2D eigenvalue weighted by atomic mass is 35.5. The Bertz CT molecular complexity index is 1140. The topological polar surface area (TPSA) is 92.4 Å². The van der Waals surface area contributed by atoms with Crippen molar-refractivity contribution in [3.05, 3.63) is 64.9 Å². The van der Waals surface area contributed by atoms with Gasteiger partial charge in [-0.1, -0.05) is 36.7 Å². The summed E-state index contributed by atoms with van der Waals surface area (Å²) in [4.78, 5) is 37.6. The van der Waals surface area contributed by atoms with Gasteiger partial charge >= 0.3 is 0 Å². The summed E-state index contributed by atoms with van der Waals surface area (Å²) in [7, 11) is 0. The lowest BCUT2D eigenvalue weighted by molar-refractivity contribution is -0.140. The molecule has 4 rings (SSSR count). The van der Waals surface area contributed by atoms with Gasteiger partial charge in [-0.05, 0) is 48.2 Å². The molecule has 1 unspecified atom stereocenters. The van der Waals surface area contributed by atoms with Gasteiger partial charge in [0.2, 0.25) is 5.91 Å². The van der Waals surface area contributed by atoms with E-state index >= 15 is 0 Å². The van der Waals surface area contributed by atoms with E-state index in [2.05, 4.69) is 14.9 Å². The van der Waals surface area contributed by atoms with Crippen LogP contribution in [0.1, 0.15) is 30.9 Å². The number of hydrogen-bond acceptors (Lipinski definition) is 6. The second-order valence-corrected chi connectivity index (χ2v) is 8.83. The molecule has 1 amide bonds. The summed E-state index contributed by atoms with van der Waals surface area (Å²) >= 11 is 5.95. The summed E-state index contributed by atoms with van der Waals surface area (Å²) in [5.74, 6) is 0.537. The molecule has 0 radical (unpaired) electrons. The minimum Gasteiger partial charge on any atom is -0.383 e. The average molecular weight is 466 g/mol. The highest BCUT2D eigenvalue weighted by Crippen LogP contribution is 2.24.